The second kappa shape index (κ2) is 7.03. The first kappa shape index (κ1) is 12.9. The summed E-state index contributed by atoms with van der Waals surface area (Å²) in [5, 5.41) is 0. The molecule has 0 heteroatoms. The minimum atomic E-state index is 0.964. The fourth-order valence-corrected chi connectivity index (χ4v) is 3.87. The monoisotopic (exact) mass is 232 g/mol. The van der Waals surface area contributed by atoms with Crippen molar-refractivity contribution in [2.45, 2.75) is 64.2 Å². The van der Waals surface area contributed by atoms with Crippen LogP contribution < -0.4 is 0 Å². The second-order valence-electron chi connectivity index (χ2n) is 6.08. The highest BCUT2D eigenvalue weighted by Crippen LogP contribution is 2.40. The van der Waals surface area contributed by atoms with E-state index in [0.29, 0.717) is 0 Å². The van der Waals surface area contributed by atoms with E-state index in [2.05, 4.69) is 18.7 Å². The third kappa shape index (κ3) is 4.01. The third-order valence-electron chi connectivity index (χ3n) is 4.95. The van der Waals surface area contributed by atoms with Crippen molar-refractivity contribution < 1.29 is 0 Å². The molecule has 2 rings (SSSR count). The Morgan fingerprint density at radius 2 is 1.47 bits per heavy atom. The molecule has 0 amide bonds. The molecule has 0 aromatic heterocycles. The van der Waals surface area contributed by atoms with Crippen LogP contribution in [0.3, 0.4) is 0 Å². The summed E-state index contributed by atoms with van der Waals surface area (Å²) in [5.74, 6) is 3.13. The summed E-state index contributed by atoms with van der Waals surface area (Å²) in [5.41, 5.74) is 0. The molecule has 0 bridgehead atoms. The van der Waals surface area contributed by atoms with Gasteiger partial charge in [0.25, 0.3) is 0 Å². The van der Waals surface area contributed by atoms with Crippen LogP contribution in [0.15, 0.2) is 24.8 Å². The molecular weight excluding hydrogens is 204 g/mol. The lowest BCUT2D eigenvalue weighted by Gasteiger charge is -2.35. The number of hydrogen-bond acceptors (Lipinski definition) is 0. The van der Waals surface area contributed by atoms with Crippen molar-refractivity contribution in [2.24, 2.45) is 17.8 Å². The van der Waals surface area contributed by atoms with Gasteiger partial charge in [-0.25, -0.2) is 0 Å². The van der Waals surface area contributed by atoms with Gasteiger partial charge in [0.1, 0.15) is 0 Å². The van der Waals surface area contributed by atoms with E-state index in [0.717, 1.165) is 17.8 Å². The summed E-state index contributed by atoms with van der Waals surface area (Å²) in [6, 6.07) is 0. The summed E-state index contributed by atoms with van der Waals surface area (Å²) >= 11 is 0. The fraction of sp³-hybridized carbons (Fsp3) is 0.765. The lowest BCUT2D eigenvalue weighted by molar-refractivity contribution is 0.168. The van der Waals surface area contributed by atoms with Crippen LogP contribution in [0, 0.1) is 17.8 Å². The molecule has 0 N–H and O–H groups in total. The van der Waals surface area contributed by atoms with Crippen LogP contribution in [0.2, 0.25) is 0 Å². The van der Waals surface area contributed by atoms with Gasteiger partial charge in [0.2, 0.25) is 0 Å². The molecule has 0 spiro atoms. The fourth-order valence-electron chi connectivity index (χ4n) is 3.87. The van der Waals surface area contributed by atoms with Gasteiger partial charge in [-0.15, -0.1) is 0 Å². The molecule has 2 aliphatic carbocycles. The van der Waals surface area contributed by atoms with E-state index < -0.39 is 0 Å². The molecule has 0 heterocycles. The van der Waals surface area contributed by atoms with Gasteiger partial charge < -0.3 is 0 Å². The van der Waals surface area contributed by atoms with E-state index in [1.807, 2.05) is 6.08 Å². The maximum atomic E-state index is 3.73. The minimum Gasteiger partial charge on any atom is -0.0991 e. The molecule has 0 aromatic rings. The molecule has 96 valence electrons. The van der Waals surface area contributed by atoms with Crippen LogP contribution in [0.1, 0.15) is 64.2 Å². The van der Waals surface area contributed by atoms with Gasteiger partial charge in [0.05, 0.1) is 0 Å². The van der Waals surface area contributed by atoms with Gasteiger partial charge in [-0.1, -0.05) is 56.9 Å². The number of allylic oxidation sites excluding steroid dienone is 3. The largest absolute Gasteiger partial charge is 0.0991 e. The molecule has 0 unspecified atom stereocenters. The Balaban J connectivity index is 1.69. The number of hydrogen-bond donors (Lipinski definition) is 0. The summed E-state index contributed by atoms with van der Waals surface area (Å²) in [4.78, 5) is 0. The van der Waals surface area contributed by atoms with Crippen LogP contribution in [0.5, 0.6) is 0 Å². The topological polar surface area (TPSA) is 0 Å². The first-order chi connectivity index (χ1) is 8.40. The van der Waals surface area contributed by atoms with Crippen molar-refractivity contribution in [3.63, 3.8) is 0 Å². The van der Waals surface area contributed by atoms with E-state index in [9.17, 15) is 0 Å². The average Bonchev–Trinajstić information content (AvgIpc) is 2.41. The van der Waals surface area contributed by atoms with Crippen molar-refractivity contribution in [3.8, 4) is 0 Å². The van der Waals surface area contributed by atoms with E-state index in [4.69, 9.17) is 0 Å². The highest BCUT2D eigenvalue weighted by Gasteiger charge is 2.27. The molecular formula is C17H28. The normalized spacial score (nSPS) is 31.8. The Hall–Kier alpha value is -0.520. The Morgan fingerprint density at radius 3 is 2.12 bits per heavy atom. The lowest BCUT2D eigenvalue weighted by atomic mass is 9.70. The molecule has 2 saturated carbocycles. The molecule has 0 atom stereocenters. The summed E-state index contributed by atoms with van der Waals surface area (Å²) < 4.78 is 0. The van der Waals surface area contributed by atoms with Gasteiger partial charge in [0, 0.05) is 0 Å². The number of rotatable bonds is 4. The van der Waals surface area contributed by atoms with Gasteiger partial charge in [-0.3, -0.25) is 0 Å². The van der Waals surface area contributed by atoms with Crippen LogP contribution in [0.25, 0.3) is 0 Å². The Morgan fingerprint density at radius 1 is 0.824 bits per heavy atom. The van der Waals surface area contributed by atoms with Gasteiger partial charge in [-0.2, -0.15) is 0 Å². The highest BCUT2D eigenvalue weighted by atomic mass is 14.3. The molecule has 0 aromatic carbocycles. The van der Waals surface area contributed by atoms with Crippen molar-refractivity contribution in [1.82, 2.24) is 0 Å². The van der Waals surface area contributed by atoms with Crippen molar-refractivity contribution >= 4 is 0 Å². The molecule has 0 saturated heterocycles. The van der Waals surface area contributed by atoms with Crippen molar-refractivity contribution in [2.75, 3.05) is 0 Å². The summed E-state index contributed by atoms with van der Waals surface area (Å²) in [6.07, 6.45) is 21.1. The predicted molar refractivity (Wildman–Crippen MR) is 76.0 cm³/mol. The Kier molecular flexibility index (Phi) is 5.35. The lowest BCUT2D eigenvalue weighted by Crippen LogP contribution is -2.23. The molecule has 17 heavy (non-hydrogen) atoms. The van der Waals surface area contributed by atoms with Crippen molar-refractivity contribution in [3.05, 3.63) is 24.8 Å². The third-order valence-corrected chi connectivity index (χ3v) is 4.95. The maximum Gasteiger partial charge on any atom is -0.0319 e. The standard InChI is InChI=1S/C17H28/c1-2-3-5-8-15-11-13-17(14-12-15)16-9-6-4-7-10-16/h2-3,5,15-17H,1,4,6-14H2/b5-3-. The first-order valence-corrected chi connectivity index (χ1v) is 7.67. The molecule has 2 aliphatic rings. The van der Waals surface area contributed by atoms with Crippen LogP contribution in [-0.2, 0) is 0 Å². The van der Waals surface area contributed by atoms with Gasteiger partial charge in [-0.05, 0) is 49.9 Å². The summed E-state index contributed by atoms with van der Waals surface area (Å²) in [6.45, 7) is 3.73. The zero-order valence-corrected chi connectivity index (χ0v) is 11.2. The van der Waals surface area contributed by atoms with E-state index in [-0.39, 0.29) is 0 Å². The van der Waals surface area contributed by atoms with E-state index in [1.165, 1.54) is 64.2 Å². The summed E-state index contributed by atoms with van der Waals surface area (Å²) in [7, 11) is 0. The van der Waals surface area contributed by atoms with Crippen LogP contribution >= 0.6 is 0 Å². The molecule has 2 fully saturated rings. The maximum absolute atomic E-state index is 3.73. The Labute approximate surface area is 107 Å². The predicted octanol–water partition coefficient (Wildman–Crippen LogP) is 5.51. The quantitative estimate of drug-likeness (QED) is 0.561. The van der Waals surface area contributed by atoms with Crippen LogP contribution in [0.4, 0.5) is 0 Å². The second-order valence-corrected chi connectivity index (χ2v) is 6.08. The molecule has 0 nitrogen and oxygen atoms in total. The van der Waals surface area contributed by atoms with Gasteiger partial charge in [0.15, 0.2) is 0 Å². The zero-order chi connectivity index (χ0) is 11.9. The van der Waals surface area contributed by atoms with E-state index in [1.54, 1.807) is 0 Å². The molecule has 0 aliphatic heterocycles. The average molecular weight is 232 g/mol. The minimum absolute atomic E-state index is 0.964. The highest BCUT2D eigenvalue weighted by molar-refractivity contribution is 4.98. The SMILES string of the molecule is C=C/C=C\CC1CCC(C2CCCCC2)CC1. The first-order valence-electron chi connectivity index (χ1n) is 7.67. The zero-order valence-electron chi connectivity index (χ0n) is 11.2. The Bertz CT molecular complexity index is 237. The van der Waals surface area contributed by atoms with E-state index >= 15 is 0 Å². The van der Waals surface area contributed by atoms with Gasteiger partial charge >= 0.3 is 0 Å². The smallest absolute Gasteiger partial charge is 0.0319 e. The van der Waals surface area contributed by atoms with Crippen molar-refractivity contribution in [1.29, 1.82) is 0 Å². The van der Waals surface area contributed by atoms with Crippen LogP contribution in [-0.4, -0.2) is 0 Å². The molecule has 0 radical (unpaired) electrons.